The highest BCUT2D eigenvalue weighted by atomic mass is 32.1. The van der Waals surface area contributed by atoms with Gasteiger partial charge in [0.1, 0.15) is 0 Å². The van der Waals surface area contributed by atoms with Crippen LogP contribution in [0.1, 0.15) is 35.0 Å². The Morgan fingerprint density at radius 1 is 1.33 bits per heavy atom. The molecule has 2 rings (SSSR count). The van der Waals surface area contributed by atoms with Crippen molar-refractivity contribution in [2.45, 2.75) is 25.8 Å². The Morgan fingerprint density at radius 3 is 2.48 bits per heavy atom. The van der Waals surface area contributed by atoms with E-state index in [1.54, 1.807) is 49.6 Å². The van der Waals surface area contributed by atoms with E-state index < -0.39 is 17.4 Å². The van der Waals surface area contributed by atoms with Gasteiger partial charge < -0.3 is 10.4 Å². The number of hydrogen-bond acceptors (Lipinski definition) is 4. The summed E-state index contributed by atoms with van der Waals surface area (Å²) in [5.41, 5.74) is 0.123. The van der Waals surface area contributed by atoms with Gasteiger partial charge in [0.05, 0.1) is 11.3 Å². The van der Waals surface area contributed by atoms with Gasteiger partial charge in [0.2, 0.25) is 0 Å². The maximum Gasteiger partial charge on any atom is 0.334 e. The predicted molar refractivity (Wildman–Crippen MR) is 80.4 cm³/mol. The van der Waals surface area contributed by atoms with E-state index in [0.29, 0.717) is 16.8 Å². The van der Waals surface area contributed by atoms with Crippen LogP contribution in [0.2, 0.25) is 0 Å². The number of rotatable bonds is 5. The number of benzene rings is 1. The van der Waals surface area contributed by atoms with E-state index in [2.05, 4.69) is 9.69 Å². The van der Waals surface area contributed by atoms with Gasteiger partial charge in [0.15, 0.2) is 5.54 Å². The van der Waals surface area contributed by atoms with Crippen LogP contribution in [0.5, 0.6) is 0 Å². The molecule has 0 radical (unpaired) electrons. The third-order valence-electron chi connectivity index (χ3n) is 3.48. The molecular formula is C15H16N2O3S. The fourth-order valence-corrected chi connectivity index (χ4v) is 2.88. The van der Waals surface area contributed by atoms with E-state index in [9.17, 15) is 14.7 Å². The summed E-state index contributed by atoms with van der Waals surface area (Å²) in [4.78, 5) is 24.2. The number of carbonyl (C=O) groups excluding carboxylic acids is 1. The van der Waals surface area contributed by atoms with Crippen LogP contribution in [0.4, 0.5) is 0 Å². The van der Waals surface area contributed by atoms with Gasteiger partial charge >= 0.3 is 5.97 Å². The summed E-state index contributed by atoms with van der Waals surface area (Å²) in [6.45, 7) is 3.46. The lowest BCUT2D eigenvalue weighted by Gasteiger charge is -2.29. The van der Waals surface area contributed by atoms with Crippen molar-refractivity contribution in [3.8, 4) is 0 Å². The molecule has 21 heavy (non-hydrogen) atoms. The molecule has 1 aromatic carbocycles. The molecule has 0 bridgehead atoms. The van der Waals surface area contributed by atoms with Crippen molar-refractivity contribution < 1.29 is 14.7 Å². The molecule has 0 saturated heterocycles. The molecule has 1 atom stereocenters. The first-order valence-corrected chi connectivity index (χ1v) is 7.37. The van der Waals surface area contributed by atoms with Crippen LogP contribution >= 0.6 is 11.5 Å². The Hall–Kier alpha value is -2.21. The third-order valence-corrected chi connectivity index (χ3v) is 4.20. The van der Waals surface area contributed by atoms with Gasteiger partial charge in [-0.15, -0.1) is 0 Å². The molecule has 0 aliphatic heterocycles. The Kier molecular flexibility index (Phi) is 4.37. The number of hydrogen-bond donors (Lipinski definition) is 2. The lowest BCUT2D eigenvalue weighted by molar-refractivity contribution is -0.145. The van der Waals surface area contributed by atoms with E-state index in [0.717, 1.165) is 0 Å². The summed E-state index contributed by atoms with van der Waals surface area (Å²) in [5.74, 6) is -1.50. The molecule has 1 heterocycles. The second-order valence-corrected chi connectivity index (χ2v) is 5.33. The number of nitrogens with zero attached hydrogens (tertiary/aromatic N) is 1. The van der Waals surface area contributed by atoms with Gasteiger partial charge in [-0.05, 0) is 30.4 Å². The van der Waals surface area contributed by atoms with E-state index in [4.69, 9.17) is 0 Å². The second-order valence-electron chi connectivity index (χ2n) is 4.70. The Balaban J connectivity index is 2.41. The van der Waals surface area contributed by atoms with Gasteiger partial charge in [-0.1, -0.05) is 37.3 Å². The van der Waals surface area contributed by atoms with E-state index in [1.165, 1.54) is 11.5 Å². The summed E-state index contributed by atoms with van der Waals surface area (Å²) >= 11 is 1.17. The summed E-state index contributed by atoms with van der Waals surface area (Å²) in [6, 6.07) is 8.73. The molecule has 1 aromatic heterocycles. The fraction of sp³-hybridized carbons (Fsp3) is 0.267. The molecule has 2 N–H and O–H groups in total. The van der Waals surface area contributed by atoms with Crippen molar-refractivity contribution in [2.24, 2.45) is 0 Å². The number of nitrogens with one attached hydrogen (secondary N) is 1. The second kappa shape index (κ2) is 6.05. The molecule has 5 nitrogen and oxygen atoms in total. The molecule has 110 valence electrons. The minimum absolute atomic E-state index is 0.245. The van der Waals surface area contributed by atoms with E-state index in [-0.39, 0.29) is 6.42 Å². The fourth-order valence-electron chi connectivity index (χ4n) is 2.19. The molecule has 0 fully saturated rings. The Bertz CT molecular complexity index is 654. The maximum absolute atomic E-state index is 12.4. The molecule has 0 aliphatic carbocycles. The van der Waals surface area contributed by atoms with Crippen LogP contribution in [0.15, 0.2) is 35.7 Å². The molecule has 0 aliphatic rings. The third kappa shape index (κ3) is 2.80. The average molecular weight is 304 g/mol. The number of aliphatic carboxylic acids is 1. The predicted octanol–water partition coefficient (Wildman–Crippen LogP) is 2.57. The minimum atomic E-state index is -1.44. The SMILES string of the molecule is CCC(NC(=O)c1csnc1C)(C(=O)O)c1ccccc1. The number of carboxylic acid groups (broad SMARTS) is 1. The van der Waals surface area contributed by atoms with E-state index >= 15 is 0 Å². The summed E-state index contributed by atoms with van der Waals surface area (Å²) in [7, 11) is 0. The first kappa shape index (κ1) is 15.2. The molecule has 1 amide bonds. The number of amides is 1. The molecule has 0 spiro atoms. The van der Waals surface area contributed by atoms with Gasteiger partial charge in [0.25, 0.3) is 5.91 Å². The Morgan fingerprint density at radius 2 is 2.00 bits per heavy atom. The zero-order valence-electron chi connectivity index (χ0n) is 11.8. The highest BCUT2D eigenvalue weighted by Crippen LogP contribution is 2.26. The van der Waals surface area contributed by atoms with Gasteiger partial charge in [0, 0.05) is 5.38 Å². The lowest BCUT2D eigenvalue weighted by Crippen LogP contribution is -2.51. The van der Waals surface area contributed by atoms with Crippen LogP contribution in [0.25, 0.3) is 0 Å². The molecular weight excluding hydrogens is 288 g/mol. The minimum Gasteiger partial charge on any atom is -0.479 e. The largest absolute Gasteiger partial charge is 0.479 e. The van der Waals surface area contributed by atoms with Crippen molar-refractivity contribution in [3.63, 3.8) is 0 Å². The van der Waals surface area contributed by atoms with Gasteiger partial charge in [-0.3, -0.25) is 4.79 Å². The maximum atomic E-state index is 12.4. The summed E-state index contributed by atoms with van der Waals surface area (Å²) < 4.78 is 4.04. The first-order chi connectivity index (χ1) is 10.0. The van der Waals surface area contributed by atoms with Crippen LogP contribution in [-0.2, 0) is 10.3 Å². The lowest BCUT2D eigenvalue weighted by atomic mass is 9.87. The van der Waals surface area contributed by atoms with Crippen molar-refractivity contribution >= 4 is 23.4 Å². The van der Waals surface area contributed by atoms with Crippen molar-refractivity contribution in [1.29, 1.82) is 0 Å². The van der Waals surface area contributed by atoms with Crippen LogP contribution in [0.3, 0.4) is 0 Å². The van der Waals surface area contributed by atoms with Crippen LogP contribution in [-0.4, -0.2) is 21.4 Å². The smallest absolute Gasteiger partial charge is 0.334 e. The van der Waals surface area contributed by atoms with Crippen molar-refractivity contribution in [1.82, 2.24) is 9.69 Å². The van der Waals surface area contributed by atoms with Crippen LogP contribution in [0, 0.1) is 6.92 Å². The zero-order chi connectivity index (χ0) is 15.5. The normalized spacial score (nSPS) is 13.4. The van der Waals surface area contributed by atoms with Crippen LogP contribution < -0.4 is 5.32 Å². The highest BCUT2D eigenvalue weighted by molar-refractivity contribution is 7.03. The molecule has 0 saturated carbocycles. The molecule has 1 unspecified atom stereocenters. The molecule has 2 aromatic rings. The molecule has 6 heteroatoms. The van der Waals surface area contributed by atoms with Crippen molar-refractivity contribution in [3.05, 3.63) is 52.5 Å². The van der Waals surface area contributed by atoms with Gasteiger partial charge in [-0.25, -0.2) is 4.79 Å². The topological polar surface area (TPSA) is 79.3 Å². The monoisotopic (exact) mass is 304 g/mol. The highest BCUT2D eigenvalue weighted by Gasteiger charge is 2.40. The Labute approximate surface area is 126 Å². The summed E-state index contributed by atoms with van der Waals surface area (Å²) in [5, 5.41) is 14.0. The zero-order valence-corrected chi connectivity index (χ0v) is 12.6. The standard InChI is InChI=1S/C15H16N2O3S/c1-3-15(14(19)20,11-7-5-4-6-8-11)16-13(18)12-9-21-17-10(12)2/h4-9H,3H2,1-2H3,(H,16,18)(H,19,20). The van der Waals surface area contributed by atoms with E-state index in [1.807, 2.05) is 0 Å². The number of aryl methyl sites for hydroxylation is 1. The quantitative estimate of drug-likeness (QED) is 0.890. The first-order valence-electron chi connectivity index (χ1n) is 6.53. The number of carbonyl (C=O) groups is 2. The van der Waals surface area contributed by atoms with Gasteiger partial charge in [-0.2, -0.15) is 4.37 Å². The number of aromatic nitrogens is 1. The van der Waals surface area contributed by atoms with Crippen molar-refractivity contribution in [2.75, 3.05) is 0 Å². The number of carboxylic acids is 1. The average Bonchev–Trinajstić information content (AvgIpc) is 2.91. The summed E-state index contributed by atoms with van der Waals surface area (Å²) in [6.07, 6.45) is 0.245.